The van der Waals surface area contributed by atoms with Crippen molar-refractivity contribution < 1.29 is 14.3 Å². The van der Waals surface area contributed by atoms with Crippen LogP contribution in [0.4, 0.5) is 0 Å². The maximum Gasteiger partial charge on any atom is 0.340 e. The van der Waals surface area contributed by atoms with Crippen LogP contribution in [-0.2, 0) is 9.53 Å². The Hall–Kier alpha value is -1.26. The number of rotatable bonds is 5. The highest BCUT2D eigenvalue weighted by atomic mass is 35.5. The predicted octanol–water partition coefficient (Wildman–Crippen LogP) is 3.31. The third-order valence-electron chi connectivity index (χ3n) is 2.89. The molecule has 0 saturated heterocycles. The summed E-state index contributed by atoms with van der Waals surface area (Å²) in [5.74, 6) is -0.723. The van der Waals surface area contributed by atoms with Crippen LogP contribution in [0.2, 0.25) is 10.0 Å². The second-order valence-corrected chi connectivity index (χ2v) is 5.56. The first kappa shape index (κ1) is 16.8. The van der Waals surface area contributed by atoms with E-state index in [1.807, 2.05) is 20.8 Å². The summed E-state index contributed by atoms with van der Waals surface area (Å²) in [6.45, 7) is 5.52. The van der Waals surface area contributed by atoms with Gasteiger partial charge in [0.15, 0.2) is 6.61 Å². The smallest absolute Gasteiger partial charge is 0.340 e. The predicted molar refractivity (Wildman–Crippen MR) is 79.2 cm³/mol. The van der Waals surface area contributed by atoms with Gasteiger partial charge >= 0.3 is 5.97 Å². The third kappa shape index (κ3) is 4.69. The molecule has 1 N–H and O–H groups in total. The number of nitrogens with one attached hydrogen (secondary N) is 1. The molecule has 20 heavy (non-hydrogen) atoms. The SMILES string of the molecule is CC(C)[C@@H](C)NC(=O)COC(=O)c1cccc(Cl)c1Cl. The fourth-order valence-corrected chi connectivity index (χ4v) is 1.71. The van der Waals surface area contributed by atoms with E-state index >= 15 is 0 Å². The van der Waals surface area contributed by atoms with Crippen LogP contribution in [0.3, 0.4) is 0 Å². The minimum absolute atomic E-state index is 0.0101. The zero-order valence-electron chi connectivity index (χ0n) is 11.6. The molecule has 0 heterocycles. The normalized spacial score (nSPS) is 12.1. The number of carbonyl (C=O) groups is 2. The van der Waals surface area contributed by atoms with Gasteiger partial charge in [-0.1, -0.05) is 43.1 Å². The highest BCUT2D eigenvalue weighted by Gasteiger charge is 2.16. The van der Waals surface area contributed by atoms with Gasteiger partial charge in [-0.2, -0.15) is 0 Å². The molecule has 0 bridgehead atoms. The molecule has 1 amide bonds. The van der Waals surface area contributed by atoms with Crippen molar-refractivity contribution in [1.82, 2.24) is 5.32 Å². The molecule has 0 aromatic heterocycles. The zero-order chi connectivity index (χ0) is 15.3. The molecule has 6 heteroatoms. The van der Waals surface area contributed by atoms with Gasteiger partial charge in [0.2, 0.25) is 0 Å². The number of amides is 1. The lowest BCUT2D eigenvalue weighted by Gasteiger charge is -2.17. The largest absolute Gasteiger partial charge is 0.452 e. The first-order chi connectivity index (χ1) is 9.32. The quantitative estimate of drug-likeness (QED) is 0.848. The van der Waals surface area contributed by atoms with Gasteiger partial charge in [0.1, 0.15) is 0 Å². The second kappa shape index (κ2) is 7.50. The molecule has 1 atom stereocenters. The number of benzene rings is 1. The lowest BCUT2D eigenvalue weighted by atomic mass is 10.1. The average molecular weight is 318 g/mol. The molecule has 0 spiro atoms. The van der Waals surface area contributed by atoms with Crippen LogP contribution in [-0.4, -0.2) is 24.5 Å². The van der Waals surface area contributed by atoms with E-state index in [9.17, 15) is 9.59 Å². The summed E-state index contributed by atoms with van der Waals surface area (Å²) < 4.78 is 4.91. The maximum absolute atomic E-state index is 11.8. The number of carbonyl (C=O) groups excluding carboxylic acids is 2. The molecule has 0 radical (unpaired) electrons. The van der Waals surface area contributed by atoms with Crippen LogP contribution < -0.4 is 5.32 Å². The monoisotopic (exact) mass is 317 g/mol. The Kier molecular flexibility index (Phi) is 6.30. The third-order valence-corrected chi connectivity index (χ3v) is 3.71. The summed E-state index contributed by atoms with van der Waals surface area (Å²) >= 11 is 11.7. The zero-order valence-corrected chi connectivity index (χ0v) is 13.1. The van der Waals surface area contributed by atoms with Crippen molar-refractivity contribution in [3.05, 3.63) is 33.8 Å². The Morgan fingerprint density at radius 2 is 1.90 bits per heavy atom. The van der Waals surface area contributed by atoms with Crippen molar-refractivity contribution >= 4 is 35.1 Å². The number of hydrogen-bond donors (Lipinski definition) is 1. The Morgan fingerprint density at radius 1 is 1.25 bits per heavy atom. The number of hydrogen-bond acceptors (Lipinski definition) is 3. The molecule has 0 unspecified atom stereocenters. The minimum atomic E-state index is -0.676. The molecule has 110 valence electrons. The van der Waals surface area contributed by atoms with E-state index in [-0.39, 0.29) is 34.2 Å². The van der Waals surface area contributed by atoms with E-state index in [0.29, 0.717) is 5.92 Å². The molecule has 0 fully saturated rings. The highest BCUT2D eigenvalue weighted by Crippen LogP contribution is 2.25. The lowest BCUT2D eigenvalue weighted by Crippen LogP contribution is -2.38. The van der Waals surface area contributed by atoms with Crippen LogP contribution in [0.5, 0.6) is 0 Å². The van der Waals surface area contributed by atoms with E-state index in [0.717, 1.165) is 0 Å². The number of esters is 1. The maximum atomic E-state index is 11.8. The summed E-state index contributed by atoms with van der Waals surface area (Å²) in [7, 11) is 0. The van der Waals surface area contributed by atoms with E-state index in [4.69, 9.17) is 27.9 Å². The summed E-state index contributed by atoms with van der Waals surface area (Å²) in [5, 5.41) is 3.12. The van der Waals surface area contributed by atoms with Gasteiger partial charge in [0.05, 0.1) is 15.6 Å². The van der Waals surface area contributed by atoms with Crippen LogP contribution in [0.25, 0.3) is 0 Å². The molecule has 1 aromatic rings. The summed E-state index contributed by atoms with van der Waals surface area (Å²) in [6, 6.07) is 4.66. The Balaban J connectivity index is 2.55. The van der Waals surface area contributed by atoms with Gasteiger partial charge < -0.3 is 10.1 Å². The first-order valence-corrected chi connectivity index (χ1v) is 6.99. The van der Waals surface area contributed by atoms with Gasteiger partial charge in [0.25, 0.3) is 5.91 Å². The van der Waals surface area contributed by atoms with Crippen LogP contribution in [0.1, 0.15) is 31.1 Å². The minimum Gasteiger partial charge on any atom is -0.452 e. The van der Waals surface area contributed by atoms with Crippen molar-refractivity contribution in [2.75, 3.05) is 6.61 Å². The fraction of sp³-hybridized carbons (Fsp3) is 0.429. The molecule has 0 aliphatic carbocycles. The average Bonchev–Trinajstić information content (AvgIpc) is 2.39. The summed E-state index contributed by atoms with van der Waals surface area (Å²) in [6.07, 6.45) is 0. The van der Waals surface area contributed by atoms with E-state index in [2.05, 4.69) is 5.32 Å². The standard InChI is InChI=1S/C14H17Cl2NO3/c1-8(2)9(3)17-12(18)7-20-14(19)10-5-4-6-11(15)13(10)16/h4-6,8-9H,7H2,1-3H3,(H,17,18)/t9-/m1/s1. The molecule has 4 nitrogen and oxygen atoms in total. The number of halogens is 2. The van der Waals surface area contributed by atoms with Crippen molar-refractivity contribution in [2.24, 2.45) is 5.92 Å². The van der Waals surface area contributed by atoms with E-state index in [1.54, 1.807) is 12.1 Å². The molecule has 1 rings (SSSR count). The highest BCUT2D eigenvalue weighted by molar-refractivity contribution is 6.43. The van der Waals surface area contributed by atoms with Gasteiger partial charge in [-0.3, -0.25) is 4.79 Å². The van der Waals surface area contributed by atoms with Crippen molar-refractivity contribution in [3.8, 4) is 0 Å². The molecule has 0 aliphatic heterocycles. The van der Waals surface area contributed by atoms with Crippen LogP contribution in [0, 0.1) is 5.92 Å². The van der Waals surface area contributed by atoms with Gasteiger partial charge in [-0.25, -0.2) is 4.79 Å². The second-order valence-electron chi connectivity index (χ2n) is 4.78. The molecule has 0 saturated carbocycles. The van der Waals surface area contributed by atoms with Crippen molar-refractivity contribution in [1.29, 1.82) is 0 Å². The Morgan fingerprint density at radius 3 is 2.50 bits per heavy atom. The van der Waals surface area contributed by atoms with Gasteiger partial charge in [0, 0.05) is 6.04 Å². The van der Waals surface area contributed by atoms with Crippen molar-refractivity contribution in [3.63, 3.8) is 0 Å². The van der Waals surface area contributed by atoms with Crippen molar-refractivity contribution in [2.45, 2.75) is 26.8 Å². The fourth-order valence-electron chi connectivity index (χ4n) is 1.33. The number of ether oxygens (including phenoxy) is 1. The summed E-state index contributed by atoms with van der Waals surface area (Å²) in [4.78, 5) is 23.4. The topological polar surface area (TPSA) is 55.4 Å². The van der Waals surface area contributed by atoms with E-state index in [1.165, 1.54) is 6.07 Å². The Labute approximate surface area is 128 Å². The Bertz CT molecular complexity index is 503. The molecule has 0 aliphatic rings. The van der Waals surface area contributed by atoms with Crippen LogP contribution >= 0.6 is 23.2 Å². The molecular formula is C14H17Cl2NO3. The van der Waals surface area contributed by atoms with Gasteiger partial charge in [-0.15, -0.1) is 0 Å². The first-order valence-electron chi connectivity index (χ1n) is 6.23. The molecular weight excluding hydrogens is 301 g/mol. The lowest BCUT2D eigenvalue weighted by molar-refractivity contribution is -0.125. The summed E-state index contributed by atoms with van der Waals surface area (Å²) in [5.41, 5.74) is 0.142. The van der Waals surface area contributed by atoms with Crippen LogP contribution in [0.15, 0.2) is 18.2 Å². The molecule has 1 aromatic carbocycles. The van der Waals surface area contributed by atoms with E-state index < -0.39 is 5.97 Å². The van der Waals surface area contributed by atoms with Gasteiger partial charge in [-0.05, 0) is 25.0 Å².